The number of hydrogen-bond donors (Lipinski definition) is 1. The van der Waals surface area contributed by atoms with Crippen LogP contribution in [0.4, 0.5) is 9.18 Å². The minimum absolute atomic E-state index is 0.000728. The fourth-order valence-electron chi connectivity index (χ4n) is 4.64. The van der Waals surface area contributed by atoms with Crippen molar-refractivity contribution >= 4 is 12.1 Å². The van der Waals surface area contributed by atoms with Gasteiger partial charge in [-0.3, -0.25) is 4.90 Å². The molecule has 31 heavy (non-hydrogen) atoms. The molecule has 0 bridgehead atoms. The zero-order valence-corrected chi connectivity index (χ0v) is 16.6. The molecule has 0 saturated carbocycles. The van der Waals surface area contributed by atoms with Gasteiger partial charge >= 0.3 is 12.1 Å². The summed E-state index contributed by atoms with van der Waals surface area (Å²) < 4.78 is 19.3. The summed E-state index contributed by atoms with van der Waals surface area (Å²) in [6.07, 6.45) is -0.584. The Kier molecular flexibility index (Phi) is 4.70. The van der Waals surface area contributed by atoms with E-state index < -0.39 is 23.9 Å². The van der Waals surface area contributed by atoms with Gasteiger partial charge in [-0.15, -0.1) is 0 Å². The lowest BCUT2D eigenvalue weighted by atomic mass is 9.94. The Hall–Kier alpha value is -3.67. The van der Waals surface area contributed by atoms with E-state index in [-0.39, 0.29) is 25.5 Å². The largest absolute Gasteiger partial charge is 0.480 e. The van der Waals surface area contributed by atoms with E-state index >= 15 is 0 Å². The third kappa shape index (κ3) is 3.34. The van der Waals surface area contributed by atoms with Crippen LogP contribution in [0.2, 0.25) is 0 Å². The number of carboxylic acid groups (broad SMARTS) is 1. The molecule has 1 heterocycles. The molecule has 1 N–H and O–H groups in total. The standard InChI is InChI=1S/C25H20FNO4/c26-17-10-9-15-12-23(24(28)29)27(13-16(15)11-17)25(30)31-14-22-20-7-3-1-5-18(20)19-6-2-4-8-21(19)22/h1-11,22-23H,12-14H2,(H,28,29). The molecule has 1 amide bonds. The maximum absolute atomic E-state index is 13.7. The minimum Gasteiger partial charge on any atom is -0.480 e. The molecule has 0 fully saturated rings. The molecule has 2 aliphatic rings. The highest BCUT2D eigenvalue weighted by molar-refractivity contribution is 5.82. The Morgan fingerprint density at radius 3 is 2.26 bits per heavy atom. The van der Waals surface area contributed by atoms with Crippen LogP contribution in [0, 0.1) is 5.82 Å². The molecule has 6 heteroatoms. The summed E-state index contributed by atoms with van der Waals surface area (Å²) >= 11 is 0. The predicted octanol–water partition coefficient (Wildman–Crippen LogP) is 4.59. The zero-order valence-electron chi connectivity index (χ0n) is 16.6. The van der Waals surface area contributed by atoms with Crippen LogP contribution in [0.25, 0.3) is 11.1 Å². The molecular formula is C25H20FNO4. The quantitative estimate of drug-likeness (QED) is 0.677. The Bertz CT molecular complexity index is 1150. The maximum atomic E-state index is 13.7. The smallest absolute Gasteiger partial charge is 0.410 e. The van der Waals surface area contributed by atoms with Gasteiger partial charge in [0.2, 0.25) is 0 Å². The number of nitrogens with zero attached hydrogens (tertiary/aromatic N) is 1. The van der Waals surface area contributed by atoms with Crippen molar-refractivity contribution in [1.29, 1.82) is 0 Å². The number of halogens is 1. The maximum Gasteiger partial charge on any atom is 0.410 e. The van der Waals surface area contributed by atoms with Gasteiger partial charge in [-0.05, 0) is 45.5 Å². The van der Waals surface area contributed by atoms with Gasteiger partial charge in [0.05, 0.1) is 6.54 Å². The van der Waals surface area contributed by atoms with Crippen LogP contribution >= 0.6 is 0 Å². The summed E-state index contributed by atoms with van der Waals surface area (Å²) in [5.41, 5.74) is 5.73. The fraction of sp³-hybridized carbons (Fsp3) is 0.200. The van der Waals surface area contributed by atoms with Crippen LogP contribution in [0.15, 0.2) is 66.7 Å². The van der Waals surface area contributed by atoms with Crippen LogP contribution in [0.5, 0.6) is 0 Å². The van der Waals surface area contributed by atoms with Crippen molar-refractivity contribution in [3.63, 3.8) is 0 Å². The number of benzene rings is 3. The lowest BCUT2D eigenvalue weighted by Gasteiger charge is -2.34. The van der Waals surface area contributed by atoms with Gasteiger partial charge in [-0.1, -0.05) is 54.6 Å². The third-order valence-corrected chi connectivity index (χ3v) is 6.15. The summed E-state index contributed by atoms with van der Waals surface area (Å²) in [7, 11) is 0. The highest BCUT2D eigenvalue weighted by Gasteiger charge is 2.37. The molecule has 1 aliphatic heterocycles. The minimum atomic E-state index is -1.11. The van der Waals surface area contributed by atoms with Crippen LogP contribution < -0.4 is 0 Å². The molecule has 0 radical (unpaired) electrons. The van der Waals surface area contributed by atoms with Crippen molar-refractivity contribution in [3.8, 4) is 11.1 Å². The average Bonchev–Trinajstić information content (AvgIpc) is 3.10. The first-order valence-electron chi connectivity index (χ1n) is 10.1. The number of carboxylic acids is 1. The molecule has 3 aromatic carbocycles. The summed E-state index contributed by atoms with van der Waals surface area (Å²) in [5.74, 6) is -1.64. The van der Waals surface area contributed by atoms with Gasteiger partial charge in [0.15, 0.2) is 0 Å². The molecule has 5 nitrogen and oxygen atoms in total. The van der Waals surface area contributed by atoms with Crippen molar-refractivity contribution in [3.05, 3.63) is 94.8 Å². The monoisotopic (exact) mass is 417 g/mol. The molecule has 1 atom stereocenters. The van der Waals surface area contributed by atoms with Crippen LogP contribution in [-0.2, 0) is 22.5 Å². The number of hydrogen-bond acceptors (Lipinski definition) is 3. The average molecular weight is 417 g/mol. The molecule has 1 aliphatic carbocycles. The topological polar surface area (TPSA) is 66.8 Å². The van der Waals surface area contributed by atoms with E-state index in [1.54, 1.807) is 6.07 Å². The van der Waals surface area contributed by atoms with E-state index in [9.17, 15) is 19.1 Å². The van der Waals surface area contributed by atoms with Gasteiger partial charge < -0.3 is 9.84 Å². The Morgan fingerprint density at radius 1 is 0.968 bits per heavy atom. The van der Waals surface area contributed by atoms with E-state index in [0.29, 0.717) is 5.56 Å². The first-order chi connectivity index (χ1) is 15.0. The second-order valence-corrected chi connectivity index (χ2v) is 7.90. The predicted molar refractivity (Wildman–Crippen MR) is 112 cm³/mol. The van der Waals surface area contributed by atoms with Gasteiger partial charge in [0.25, 0.3) is 0 Å². The van der Waals surface area contributed by atoms with Gasteiger partial charge in [-0.25, -0.2) is 14.0 Å². The highest BCUT2D eigenvalue weighted by Crippen LogP contribution is 2.44. The van der Waals surface area contributed by atoms with Crippen molar-refractivity contribution in [2.75, 3.05) is 6.61 Å². The lowest BCUT2D eigenvalue weighted by molar-refractivity contribution is -0.143. The second kappa shape index (κ2) is 7.54. The van der Waals surface area contributed by atoms with Crippen molar-refractivity contribution in [2.24, 2.45) is 0 Å². The first-order valence-corrected chi connectivity index (χ1v) is 10.1. The number of amides is 1. The molecule has 1 unspecified atom stereocenters. The van der Waals surface area contributed by atoms with E-state index in [2.05, 4.69) is 0 Å². The number of aliphatic carboxylic acids is 1. The molecular weight excluding hydrogens is 397 g/mol. The van der Waals surface area contributed by atoms with E-state index in [0.717, 1.165) is 27.8 Å². The molecule has 0 aromatic heterocycles. The molecule has 0 spiro atoms. The number of ether oxygens (including phenoxy) is 1. The van der Waals surface area contributed by atoms with Crippen LogP contribution in [0.1, 0.15) is 28.2 Å². The Labute approximate surface area is 178 Å². The SMILES string of the molecule is O=C(O)C1Cc2ccc(F)cc2CN1C(=O)OCC1c2ccccc2-c2ccccc21. The van der Waals surface area contributed by atoms with E-state index in [1.807, 2.05) is 48.5 Å². The number of fused-ring (bicyclic) bond motifs is 4. The van der Waals surface area contributed by atoms with Crippen molar-refractivity contribution in [2.45, 2.75) is 24.9 Å². The zero-order chi connectivity index (χ0) is 21.5. The number of carbonyl (C=O) groups is 2. The normalized spacial score (nSPS) is 16.9. The molecule has 0 saturated heterocycles. The number of carbonyl (C=O) groups excluding carboxylic acids is 1. The van der Waals surface area contributed by atoms with Crippen LogP contribution in [-0.4, -0.2) is 34.7 Å². The lowest BCUT2D eigenvalue weighted by Crippen LogP contribution is -2.49. The van der Waals surface area contributed by atoms with Crippen molar-refractivity contribution in [1.82, 2.24) is 4.90 Å². The van der Waals surface area contributed by atoms with Gasteiger partial charge in [-0.2, -0.15) is 0 Å². The summed E-state index contributed by atoms with van der Waals surface area (Å²) in [4.78, 5) is 25.9. The van der Waals surface area contributed by atoms with Crippen LogP contribution in [0.3, 0.4) is 0 Å². The second-order valence-electron chi connectivity index (χ2n) is 7.90. The summed E-state index contributed by atoms with van der Waals surface area (Å²) in [6.45, 7) is 0.104. The van der Waals surface area contributed by atoms with E-state index in [1.165, 1.54) is 17.0 Å². The van der Waals surface area contributed by atoms with E-state index in [4.69, 9.17) is 4.74 Å². The highest BCUT2D eigenvalue weighted by atomic mass is 19.1. The van der Waals surface area contributed by atoms with Crippen molar-refractivity contribution < 1.29 is 23.8 Å². The van der Waals surface area contributed by atoms with Gasteiger partial charge in [0, 0.05) is 12.3 Å². The summed E-state index contributed by atoms with van der Waals surface area (Å²) in [6, 6.07) is 19.2. The Balaban J connectivity index is 1.38. The molecule has 3 aromatic rings. The summed E-state index contributed by atoms with van der Waals surface area (Å²) in [5, 5.41) is 9.65. The van der Waals surface area contributed by atoms with Gasteiger partial charge in [0.1, 0.15) is 18.5 Å². The first kappa shape index (κ1) is 19.3. The Morgan fingerprint density at radius 2 is 1.61 bits per heavy atom. The number of rotatable bonds is 3. The fourth-order valence-corrected chi connectivity index (χ4v) is 4.64. The third-order valence-electron chi connectivity index (χ3n) is 6.15. The molecule has 5 rings (SSSR count). The molecule has 156 valence electrons.